The van der Waals surface area contributed by atoms with E-state index in [-0.39, 0.29) is 24.3 Å². The molecule has 4 aromatic rings. The molecule has 0 aliphatic carbocycles. The number of thiazole rings is 1. The third-order valence-electron chi connectivity index (χ3n) is 5.33. The first-order valence-corrected chi connectivity index (χ1v) is 11.6. The second-order valence-corrected chi connectivity index (χ2v) is 9.12. The summed E-state index contributed by atoms with van der Waals surface area (Å²) in [6.45, 7) is 3.87. The Hall–Kier alpha value is -4.44. The van der Waals surface area contributed by atoms with Crippen molar-refractivity contribution in [3.05, 3.63) is 93.7 Å². The highest BCUT2D eigenvalue weighted by Gasteiger charge is 2.35. The molecule has 0 fully saturated rings. The van der Waals surface area contributed by atoms with E-state index >= 15 is 0 Å². The van der Waals surface area contributed by atoms with Gasteiger partial charge in [-0.2, -0.15) is 0 Å². The lowest BCUT2D eigenvalue weighted by molar-refractivity contribution is 0.0643. The van der Waals surface area contributed by atoms with E-state index in [4.69, 9.17) is 0 Å². The molecule has 0 unspecified atom stereocenters. The number of imide groups is 1. The van der Waals surface area contributed by atoms with Gasteiger partial charge in [0.1, 0.15) is 0 Å². The second kappa shape index (κ2) is 9.07. The summed E-state index contributed by atoms with van der Waals surface area (Å²) in [4.78, 5) is 52.8. The summed E-state index contributed by atoms with van der Waals surface area (Å²) >= 11 is 1.21. The standard InChI is InChI=1S/C25H20N6O3S/c1-14-10-15(2)28-24(27-14)29-17-7-5-6-16(11-17)21(32)30-25-26-12-18(35-25)13-31-22(33)19-8-3-4-9-20(19)23(31)34/h3-12H,13H2,1-2H3,(H,26,30,32)(H,27,28,29). The minimum Gasteiger partial charge on any atom is -0.324 e. The molecule has 0 radical (unpaired) electrons. The molecule has 1 aliphatic heterocycles. The molecular weight excluding hydrogens is 464 g/mol. The number of carbonyl (C=O) groups is 3. The molecule has 0 saturated heterocycles. The van der Waals surface area contributed by atoms with Crippen molar-refractivity contribution in [3.63, 3.8) is 0 Å². The number of fused-ring (bicyclic) bond motifs is 1. The molecule has 10 heteroatoms. The number of hydrogen-bond donors (Lipinski definition) is 2. The Labute approximate surface area is 204 Å². The summed E-state index contributed by atoms with van der Waals surface area (Å²) in [5.41, 5.74) is 3.58. The zero-order valence-electron chi connectivity index (χ0n) is 18.9. The van der Waals surface area contributed by atoms with Crippen LogP contribution in [0.25, 0.3) is 0 Å². The van der Waals surface area contributed by atoms with Gasteiger partial charge in [0.25, 0.3) is 17.7 Å². The first-order valence-electron chi connectivity index (χ1n) is 10.8. The number of rotatable bonds is 6. The minimum atomic E-state index is -0.336. The van der Waals surface area contributed by atoms with E-state index in [0.29, 0.717) is 38.3 Å². The van der Waals surface area contributed by atoms with E-state index in [1.165, 1.54) is 16.2 Å². The maximum atomic E-state index is 12.8. The summed E-state index contributed by atoms with van der Waals surface area (Å²) < 4.78 is 0. The van der Waals surface area contributed by atoms with Crippen LogP contribution in [0.4, 0.5) is 16.8 Å². The number of benzene rings is 2. The highest BCUT2D eigenvalue weighted by Crippen LogP contribution is 2.27. The molecule has 3 amide bonds. The normalized spacial score (nSPS) is 12.6. The fraction of sp³-hybridized carbons (Fsp3) is 0.120. The van der Waals surface area contributed by atoms with Crippen LogP contribution < -0.4 is 10.6 Å². The van der Waals surface area contributed by atoms with E-state index in [0.717, 1.165) is 11.4 Å². The van der Waals surface area contributed by atoms with Crippen molar-refractivity contribution in [1.29, 1.82) is 0 Å². The van der Waals surface area contributed by atoms with Crippen LogP contribution in [-0.2, 0) is 6.54 Å². The molecule has 9 nitrogen and oxygen atoms in total. The summed E-state index contributed by atoms with van der Waals surface area (Å²) in [5.74, 6) is -0.544. The molecule has 1 aliphatic rings. The van der Waals surface area contributed by atoms with E-state index in [1.807, 2.05) is 26.0 Å². The molecule has 0 atom stereocenters. The molecule has 174 valence electrons. The monoisotopic (exact) mass is 484 g/mol. The topological polar surface area (TPSA) is 117 Å². The molecular formula is C25H20N6O3S. The Bertz CT molecular complexity index is 1430. The first-order chi connectivity index (χ1) is 16.9. The number of nitrogens with one attached hydrogen (secondary N) is 2. The third kappa shape index (κ3) is 4.64. The first kappa shape index (κ1) is 22.4. The van der Waals surface area contributed by atoms with Crippen LogP contribution in [0.3, 0.4) is 0 Å². The van der Waals surface area contributed by atoms with Crippen LogP contribution in [0.2, 0.25) is 0 Å². The molecule has 0 saturated carbocycles. The minimum absolute atomic E-state index is 0.0925. The van der Waals surface area contributed by atoms with Crippen LogP contribution in [0.15, 0.2) is 60.8 Å². The molecule has 3 heterocycles. The fourth-order valence-corrected chi connectivity index (χ4v) is 4.59. The van der Waals surface area contributed by atoms with Crippen molar-refractivity contribution in [2.24, 2.45) is 0 Å². The number of hydrogen-bond acceptors (Lipinski definition) is 8. The van der Waals surface area contributed by atoms with Gasteiger partial charge in [-0.25, -0.2) is 15.0 Å². The van der Waals surface area contributed by atoms with Crippen molar-refractivity contribution in [1.82, 2.24) is 19.9 Å². The van der Waals surface area contributed by atoms with Crippen LogP contribution in [0.1, 0.15) is 47.3 Å². The largest absolute Gasteiger partial charge is 0.324 e. The molecule has 35 heavy (non-hydrogen) atoms. The van der Waals surface area contributed by atoms with Gasteiger partial charge >= 0.3 is 0 Å². The SMILES string of the molecule is Cc1cc(C)nc(Nc2cccc(C(=O)Nc3ncc(CN4C(=O)c5ccccc5C4=O)s3)c2)n1. The van der Waals surface area contributed by atoms with Crippen molar-refractivity contribution in [2.75, 3.05) is 10.6 Å². The number of nitrogens with zero attached hydrogens (tertiary/aromatic N) is 4. The predicted molar refractivity (Wildman–Crippen MR) is 132 cm³/mol. The Morgan fingerprint density at radius 3 is 2.31 bits per heavy atom. The quantitative estimate of drug-likeness (QED) is 0.391. The van der Waals surface area contributed by atoms with Crippen molar-refractivity contribution < 1.29 is 14.4 Å². The van der Waals surface area contributed by atoms with Crippen molar-refractivity contribution >= 4 is 45.8 Å². The second-order valence-electron chi connectivity index (χ2n) is 8.01. The lowest BCUT2D eigenvalue weighted by Gasteiger charge is -2.11. The molecule has 5 rings (SSSR count). The zero-order chi connectivity index (χ0) is 24.5. The van der Waals surface area contributed by atoms with Gasteiger partial charge < -0.3 is 5.32 Å². The van der Waals surface area contributed by atoms with Crippen LogP contribution in [0, 0.1) is 13.8 Å². The molecule has 2 aromatic carbocycles. The number of aryl methyl sites for hydroxylation is 2. The predicted octanol–water partition coefficient (Wildman–Crippen LogP) is 4.34. The maximum absolute atomic E-state index is 12.8. The fourth-order valence-electron chi connectivity index (χ4n) is 3.80. The van der Waals surface area contributed by atoms with Gasteiger partial charge in [0.15, 0.2) is 5.13 Å². The Morgan fingerprint density at radius 1 is 0.943 bits per heavy atom. The number of anilines is 3. The van der Waals surface area contributed by atoms with Gasteiger partial charge in [-0.1, -0.05) is 29.5 Å². The highest BCUT2D eigenvalue weighted by atomic mass is 32.1. The van der Waals surface area contributed by atoms with Gasteiger partial charge in [-0.3, -0.25) is 24.6 Å². The molecule has 2 aromatic heterocycles. The lowest BCUT2D eigenvalue weighted by atomic mass is 10.1. The van der Waals surface area contributed by atoms with Crippen LogP contribution in [-0.4, -0.2) is 37.6 Å². The van der Waals surface area contributed by atoms with Gasteiger partial charge in [-0.05, 0) is 50.2 Å². The van der Waals surface area contributed by atoms with E-state index in [2.05, 4.69) is 25.6 Å². The van der Waals surface area contributed by atoms with Crippen LogP contribution >= 0.6 is 11.3 Å². The summed E-state index contributed by atoms with van der Waals surface area (Å²) in [6, 6.07) is 15.6. The Kier molecular flexibility index (Phi) is 5.79. The average Bonchev–Trinajstić information content (AvgIpc) is 3.37. The Balaban J connectivity index is 1.25. The average molecular weight is 485 g/mol. The summed E-state index contributed by atoms with van der Waals surface area (Å²) in [5, 5.41) is 6.27. The van der Waals surface area contributed by atoms with Gasteiger partial charge in [0.05, 0.1) is 17.7 Å². The number of amides is 3. The lowest BCUT2D eigenvalue weighted by Crippen LogP contribution is -2.28. The van der Waals surface area contributed by atoms with Gasteiger partial charge in [-0.15, -0.1) is 0 Å². The van der Waals surface area contributed by atoms with Gasteiger partial charge in [0.2, 0.25) is 5.95 Å². The number of aromatic nitrogens is 3. The molecule has 0 spiro atoms. The van der Waals surface area contributed by atoms with E-state index in [1.54, 1.807) is 48.7 Å². The highest BCUT2D eigenvalue weighted by molar-refractivity contribution is 7.15. The number of carbonyl (C=O) groups excluding carboxylic acids is 3. The van der Waals surface area contributed by atoms with Crippen LogP contribution in [0.5, 0.6) is 0 Å². The smallest absolute Gasteiger partial charge is 0.261 e. The van der Waals surface area contributed by atoms with E-state index < -0.39 is 0 Å². The Morgan fingerprint density at radius 2 is 1.63 bits per heavy atom. The van der Waals surface area contributed by atoms with Crippen molar-refractivity contribution in [2.45, 2.75) is 20.4 Å². The molecule has 0 bridgehead atoms. The van der Waals surface area contributed by atoms with E-state index in [9.17, 15) is 14.4 Å². The molecule has 2 N–H and O–H groups in total. The van der Waals surface area contributed by atoms with Gasteiger partial charge in [0, 0.05) is 33.7 Å². The summed E-state index contributed by atoms with van der Waals surface area (Å²) in [6.07, 6.45) is 1.55. The zero-order valence-corrected chi connectivity index (χ0v) is 19.7. The van der Waals surface area contributed by atoms with Crippen molar-refractivity contribution in [3.8, 4) is 0 Å². The maximum Gasteiger partial charge on any atom is 0.261 e. The summed E-state index contributed by atoms with van der Waals surface area (Å²) in [7, 11) is 0. The third-order valence-corrected chi connectivity index (χ3v) is 6.23.